The smallest absolute Gasteiger partial charge is 0.280 e. The van der Waals surface area contributed by atoms with Crippen molar-refractivity contribution in [2.24, 2.45) is 0 Å². The van der Waals surface area contributed by atoms with Gasteiger partial charge in [-0.15, -0.1) is 0 Å². The third-order valence-electron chi connectivity index (χ3n) is 2.10. The second kappa shape index (κ2) is 4.65. The molecule has 5 nitrogen and oxygen atoms in total. The molecule has 2 aromatic rings. The summed E-state index contributed by atoms with van der Waals surface area (Å²) < 4.78 is 0.943. The van der Waals surface area contributed by atoms with Crippen LogP contribution in [0.5, 0.6) is 0 Å². The number of halogens is 1. The van der Waals surface area contributed by atoms with Crippen molar-refractivity contribution >= 4 is 34.3 Å². The average molecular weight is 267 g/mol. The lowest BCUT2D eigenvalue weighted by atomic mass is 10.2. The van der Waals surface area contributed by atoms with E-state index in [-0.39, 0.29) is 11.3 Å². The van der Waals surface area contributed by atoms with Crippen LogP contribution in [0.1, 0.15) is 0 Å². The number of nitrogen functional groups attached to an aromatic ring is 1. The Morgan fingerprint density at radius 2 is 2.35 bits per heavy atom. The highest BCUT2D eigenvalue weighted by Crippen LogP contribution is 2.18. The van der Waals surface area contributed by atoms with E-state index in [9.17, 15) is 4.79 Å². The Bertz CT molecular complexity index is 676. The molecule has 0 atom stereocenters. The molecule has 0 spiro atoms. The third-order valence-corrected chi connectivity index (χ3v) is 3.15. The van der Waals surface area contributed by atoms with Crippen molar-refractivity contribution in [3.05, 3.63) is 33.6 Å². The number of rotatable bonds is 2. The largest absolute Gasteiger partial charge is 0.334 e. The summed E-state index contributed by atoms with van der Waals surface area (Å²) in [6.07, 6.45) is 0. The molecule has 1 heterocycles. The lowest BCUT2D eigenvalue weighted by Gasteiger charge is -2.06. The van der Waals surface area contributed by atoms with Gasteiger partial charge in [-0.2, -0.15) is 5.26 Å². The zero-order valence-corrected chi connectivity index (χ0v) is 10.1. The number of nitrogens with two attached hydrogens (primary N) is 1. The first kappa shape index (κ1) is 11.8. The van der Waals surface area contributed by atoms with Crippen molar-refractivity contribution < 1.29 is 0 Å². The summed E-state index contributed by atoms with van der Waals surface area (Å²) in [5, 5.41) is 9.69. The summed E-state index contributed by atoms with van der Waals surface area (Å²) in [5.74, 6) is 5.78. The van der Waals surface area contributed by atoms with Crippen LogP contribution in [0.25, 0.3) is 10.9 Å². The van der Waals surface area contributed by atoms with Crippen LogP contribution in [0.15, 0.2) is 28.2 Å². The summed E-state index contributed by atoms with van der Waals surface area (Å²) in [5.41, 5.74) is 0.122. The van der Waals surface area contributed by atoms with Gasteiger partial charge in [0, 0.05) is 5.02 Å². The normalized spacial score (nSPS) is 10.4. The number of nitrogens with zero attached hydrogens (tertiary/aromatic N) is 3. The van der Waals surface area contributed by atoms with E-state index >= 15 is 0 Å². The van der Waals surface area contributed by atoms with E-state index in [4.69, 9.17) is 22.7 Å². The molecule has 1 aromatic heterocycles. The number of fused-ring (bicyclic) bond motifs is 1. The van der Waals surface area contributed by atoms with Crippen LogP contribution in [0, 0.1) is 11.3 Å². The molecule has 0 aliphatic heterocycles. The van der Waals surface area contributed by atoms with Gasteiger partial charge in [-0.1, -0.05) is 23.4 Å². The van der Waals surface area contributed by atoms with Gasteiger partial charge in [-0.05, 0) is 18.2 Å². The van der Waals surface area contributed by atoms with E-state index < -0.39 is 0 Å². The maximum Gasteiger partial charge on any atom is 0.280 e. The first-order chi connectivity index (χ1) is 8.13. The predicted octanol–water partition coefficient (Wildman–Crippen LogP) is 1.38. The number of hydrogen-bond acceptors (Lipinski definition) is 5. The summed E-state index contributed by atoms with van der Waals surface area (Å²) in [6, 6.07) is 6.72. The minimum atomic E-state index is -0.355. The molecular formula is C10H7ClN4OS. The number of hydrogen-bond donors (Lipinski definition) is 1. The zero-order valence-electron chi connectivity index (χ0n) is 8.55. The second-order valence-electron chi connectivity index (χ2n) is 3.18. The Kier molecular flexibility index (Phi) is 3.22. The fourth-order valence-electron chi connectivity index (χ4n) is 1.35. The lowest BCUT2D eigenvalue weighted by molar-refractivity contribution is 0.780. The molecular weight excluding hydrogens is 260 g/mol. The molecule has 7 heteroatoms. The monoisotopic (exact) mass is 266 g/mol. The summed E-state index contributed by atoms with van der Waals surface area (Å²) in [7, 11) is 0. The molecule has 0 amide bonds. The van der Waals surface area contributed by atoms with Gasteiger partial charge < -0.3 is 5.84 Å². The first-order valence-corrected chi connectivity index (χ1v) is 5.97. The highest BCUT2D eigenvalue weighted by molar-refractivity contribution is 7.99. The summed E-state index contributed by atoms with van der Waals surface area (Å²) in [6.45, 7) is 0. The van der Waals surface area contributed by atoms with Crippen molar-refractivity contribution in [2.45, 2.75) is 5.16 Å². The third kappa shape index (κ3) is 2.20. The summed E-state index contributed by atoms with van der Waals surface area (Å²) >= 11 is 6.93. The molecule has 0 unspecified atom stereocenters. The Balaban J connectivity index is 2.68. The van der Waals surface area contributed by atoms with Crippen molar-refractivity contribution in [2.75, 3.05) is 11.6 Å². The minimum absolute atomic E-state index is 0.176. The Morgan fingerprint density at radius 3 is 3.06 bits per heavy atom. The molecule has 2 N–H and O–H groups in total. The molecule has 0 radical (unpaired) electrons. The Hall–Kier alpha value is -1.71. The van der Waals surface area contributed by atoms with Gasteiger partial charge >= 0.3 is 0 Å². The van der Waals surface area contributed by atoms with Crippen LogP contribution in [0.4, 0.5) is 0 Å². The highest BCUT2D eigenvalue weighted by atomic mass is 35.5. The highest BCUT2D eigenvalue weighted by Gasteiger charge is 2.09. The van der Waals surface area contributed by atoms with Crippen LogP contribution in [-0.2, 0) is 0 Å². The van der Waals surface area contributed by atoms with E-state index in [2.05, 4.69) is 4.98 Å². The molecule has 0 saturated carbocycles. The summed E-state index contributed by atoms with van der Waals surface area (Å²) in [4.78, 5) is 16.1. The van der Waals surface area contributed by atoms with Gasteiger partial charge in [-0.3, -0.25) is 4.79 Å². The topological polar surface area (TPSA) is 84.7 Å². The van der Waals surface area contributed by atoms with Crippen molar-refractivity contribution in [3.8, 4) is 6.07 Å². The van der Waals surface area contributed by atoms with Crippen LogP contribution in [0.2, 0.25) is 5.02 Å². The molecule has 0 fully saturated rings. The van der Waals surface area contributed by atoms with Gasteiger partial charge in [0.1, 0.15) is 0 Å². The van der Waals surface area contributed by atoms with Gasteiger partial charge in [-0.25, -0.2) is 9.66 Å². The molecule has 2 rings (SSSR count). The van der Waals surface area contributed by atoms with Gasteiger partial charge in [0.15, 0.2) is 5.16 Å². The predicted molar refractivity (Wildman–Crippen MR) is 67.5 cm³/mol. The fourth-order valence-corrected chi connectivity index (χ4v) is 2.10. The fraction of sp³-hybridized carbons (Fsp3) is 0.100. The van der Waals surface area contributed by atoms with E-state index in [1.54, 1.807) is 18.2 Å². The number of benzene rings is 1. The molecule has 0 saturated heterocycles. The van der Waals surface area contributed by atoms with Crippen molar-refractivity contribution in [1.82, 2.24) is 9.66 Å². The molecule has 0 aliphatic rings. The Labute approximate surface area is 106 Å². The minimum Gasteiger partial charge on any atom is -0.334 e. The van der Waals surface area contributed by atoms with Gasteiger partial charge in [0.05, 0.1) is 22.7 Å². The number of nitriles is 1. The van der Waals surface area contributed by atoms with Gasteiger partial charge in [0.2, 0.25) is 0 Å². The second-order valence-corrected chi connectivity index (χ2v) is 4.56. The number of thioether (sulfide) groups is 1. The maximum atomic E-state index is 11.9. The molecule has 17 heavy (non-hydrogen) atoms. The molecule has 0 aliphatic carbocycles. The zero-order chi connectivity index (χ0) is 12.4. The quantitative estimate of drug-likeness (QED) is 0.504. The van der Waals surface area contributed by atoms with Crippen LogP contribution in [0.3, 0.4) is 0 Å². The average Bonchev–Trinajstić information content (AvgIpc) is 2.31. The van der Waals surface area contributed by atoms with Crippen molar-refractivity contribution in [1.29, 1.82) is 5.26 Å². The lowest BCUT2D eigenvalue weighted by Crippen LogP contribution is -2.29. The molecule has 0 bridgehead atoms. The van der Waals surface area contributed by atoms with E-state index in [0.717, 1.165) is 16.4 Å². The molecule has 86 valence electrons. The van der Waals surface area contributed by atoms with Crippen molar-refractivity contribution in [3.63, 3.8) is 0 Å². The van der Waals surface area contributed by atoms with E-state index in [1.165, 1.54) is 0 Å². The number of aromatic nitrogens is 2. The standard InChI is InChI=1S/C10H7ClN4OS/c11-6-1-2-7-8(5-6)14-10(17-4-3-12)15(13)9(7)16/h1-2,5H,4,13H2. The molecule has 1 aromatic carbocycles. The van der Waals surface area contributed by atoms with E-state index in [1.807, 2.05) is 6.07 Å². The maximum absolute atomic E-state index is 11.9. The van der Waals surface area contributed by atoms with E-state index in [0.29, 0.717) is 21.1 Å². The first-order valence-electron chi connectivity index (χ1n) is 4.60. The van der Waals surface area contributed by atoms with Gasteiger partial charge in [0.25, 0.3) is 5.56 Å². The van der Waals surface area contributed by atoms with Crippen LogP contribution in [-0.4, -0.2) is 15.4 Å². The SMILES string of the molecule is N#CCSc1nc2cc(Cl)ccc2c(=O)n1N. The van der Waals surface area contributed by atoms with Crippen LogP contribution >= 0.6 is 23.4 Å². The Morgan fingerprint density at radius 1 is 1.59 bits per heavy atom. The van der Waals surface area contributed by atoms with Crippen LogP contribution < -0.4 is 11.4 Å².